The topological polar surface area (TPSA) is 41.6 Å². The number of benzene rings is 1. The minimum absolute atomic E-state index is 0. The van der Waals surface area contributed by atoms with E-state index in [0.717, 1.165) is 25.3 Å². The van der Waals surface area contributed by atoms with Crippen molar-refractivity contribution < 1.29 is 9.53 Å². The average molecular weight is 299 g/mol. The molecule has 20 heavy (non-hydrogen) atoms. The summed E-state index contributed by atoms with van der Waals surface area (Å²) in [6, 6.07) is 9.69. The van der Waals surface area contributed by atoms with E-state index in [-0.39, 0.29) is 18.3 Å². The van der Waals surface area contributed by atoms with Gasteiger partial charge in [-0.2, -0.15) is 0 Å². The summed E-state index contributed by atoms with van der Waals surface area (Å²) >= 11 is 0. The average Bonchev–Trinajstić information content (AvgIpc) is 2.92. The van der Waals surface area contributed by atoms with E-state index in [1.165, 1.54) is 0 Å². The van der Waals surface area contributed by atoms with Gasteiger partial charge in [0, 0.05) is 13.5 Å². The van der Waals surface area contributed by atoms with E-state index >= 15 is 0 Å². The molecule has 0 bridgehead atoms. The normalized spacial score (nSPS) is 17.4. The zero-order valence-corrected chi connectivity index (χ0v) is 12.7. The van der Waals surface area contributed by atoms with E-state index < -0.39 is 0 Å². The standard InChI is InChI=1S/C15H22N2O2.ClH/c1-17(15(18)11-13-7-8-16-12-13)9-10-19-14-5-3-2-4-6-14;/h2-6,13,16H,7-12H2,1H3;1H. The van der Waals surface area contributed by atoms with E-state index in [1.54, 1.807) is 4.90 Å². The van der Waals surface area contributed by atoms with Crippen molar-refractivity contribution in [2.75, 3.05) is 33.3 Å². The third-order valence-electron chi connectivity index (χ3n) is 3.49. The van der Waals surface area contributed by atoms with Crippen LogP contribution in [0, 0.1) is 5.92 Å². The molecule has 1 unspecified atom stereocenters. The number of carbonyl (C=O) groups is 1. The molecule has 1 aromatic rings. The number of hydrogen-bond donors (Lipinski definition) is 1. The SMILES string of the molecule is CN(CCOc1ccccc1)C(=O)CC1CCNC1.Cl. The fourth-order valence-electron chi connectivity index (χ4n) is 2.23. The summed E-state index contributed by atoms with van der Waals surface area (Å²) < 4.78 is 5.59. The Morgan fingerprint density at radius 3 is 2.80 bits per heavy atom. The number of para-hydroxylation sites is 1. The van der Waals surface area contributed by atoms with Crippen molar-refractivity contribution >= 4 is 18.3 Å². The Morgan fingerprint density at radius 1 is 1.40 bits per heavy atom. The zero-order valence-electron chi connectivity index (χ0n) is 11.9. The maximum atomic E-state index is 12.0. The van der Waals surface area contributed by atoms with E-state index in [4.69, 9.17) is 4.74 Å². The quantitative estimate of drug-likeness (QED) is 0.873. The largest absolute Gasteiger partial charge is 0.492 e. The minimum Gasteiger partial charge on any atom is -0.492 e. The van der Waals surface area contributed by atoms with E-state index in [9.17, 15) is 4.79 Å². The van der Waals surface area contributed by atoms with Crippen LogP contribution in [0.2, 0.25) is 0 Å². The molecule has 0 radical (unpaired) electrons. The molecule has 4 nitrogen and oxygen atoms in total. The number of nitrogens with zero attached hydrogens (tertiary/aromatic N) is 1. The second-order valence-corrected chi connectivity index (χ2v) is 5.04. The molecular formula is C15H23ClN2O2. The number of halogens is 1. The highest BCUT2D eigenvalue weighted by Gasteiger charge is 2.19. The van der Waals surface area contributed by atoms with Gasteiger partial charge in [-0.25, -0.2) is 0 Å². The predicted octanol–water partition coefficient (Wildman–Crippen LogP) is 1.95. The third-order valence-corrected chi connectivity index (χ3v) is 3.49. The van der Waals surface area contributed by atoms with Crippen LogP contribution < -0.4 is 10.1 Å². The number of carbonyl (C=O) groups excluding carboxylic acids is 1. The third kappa shape index (κ3) is 5.39. The van der Waals surface area contributed by atoms with Gasteiger partial charge < -0.3 is 15.0 Å². The Kier molecular flexibility index (Phi) is 7.41. The summed E-state index contributed by atoms with van der Waals surface area (Å²) in [6.07, 6.45) is 1.76. The van der Waals surface area contributed by atoms with Crippen LogP contribution in [0.15, 0.2) is 30.3 Å². The van der Waals surface area contributed by atoms with Crippen LogP contribution in [0.3, 0.4) is 0 Å². The van der Waals surface area contributed by atoms with Gasteiger partial charge >= 0.3 is 0 Å². The molecule has 0 saturated carbocycles. The first-order valence-electron chi connectivity index (χ1n) is 6.88. The molecule has 1 fully saturated rings. The number of likely N-dealkylation sites (N-methyl/N-ethyl adjacent to an activating group) is 1. The highest BCUT2D eigenvalue weighted by Crippen LogP contribution is 2.13. The van der Waals surface area contributed by atoms with Gasteiger partial charge in [0.1, 0.15) is 12.4 Å². The fourth-order valence-corrected chi connectivity index (χ4v) is 2.23. The number of ether oxygens (including phenoxy) is 1. The summed E-state index contributed by atoms with van der Waals surface area (Å²) in [5.41, 5.74) is 0. The lowest BCUT2D eigenvalue weighted by Gasteiger charge is -2.19. The van der Waals surface area contributed by atoms with Gasteiger partial charge in [-0.05, 0) is 37.6 Å². The van der Waals surface area contributed by atoms with Crippen molar-refractivity contribution in [2.45, 2.75) is 12.8 Å². The Bertz CT molecular complexity index is 394. The predicted molar refractivity (Wildman–Crippen MR) is 82.4 cm³/mol. The van der Waals surface area contributed by atoms with Crippen LogP contribution in [-0.2, 0) is 4.79 Å². The van der Waals surface area contributed by atoms with Crippen molar-refractivity contribution in [3.63, 3.8) is 0 Å². The van der Waals surface area contributed by atoms with Gasteiger partial charge in [-0.1, -0.05) is 18.2 Å². The van der Waals surface area contributed by atoms with Crippen molar-refractivity contribution in [1.82, 2.24) is 10.2 Å². The first-order valence-corrected chi connectivity index (χ1v) is 6.88. The van der Waals surface area contributed by atoms with Crippen LogP contribution in [0.4, 0.5) is 0 Å². The van der Waals surface area contributed by atoms with Crippen molar-refractivity contribution in [1.29, 1.82) is 0 Å². The lowest BCUT2D eigenvalue weighted by Crippen LogP contribution is -2.32. The second kappa shape index (κ2) is 8.82. The number of hydrogen-bond acceptors (Lipinski definition) is 3. The maximum absolute atomic E-state index is 12.0. The highest BCUT2D eigenvalue weighted by atomic mass is 35.5. The first kappa shape index (κ1) is 16.8. The number of rotatable bonds is 6. The fraction of sp³-hybridized carbons (Fsp3) is 0.533. The molecule has 1 aromatic carbocycles. The van der Waals surface area contributed by atoms with E-state index in [2.05, 4.69) is 5.32 Å². The van der Waals surface area contributed by atoms with Gasteiger partial charge in [-0.3, -0.25) is 4.79 Å². The monoisotopic (exact) mass is 298 g/mol. The van der Waals surface area contributed by atoms with Crippen LogP contribution in [0.5, 0.6) is 5.75 Å². The number of amides is 1. The molecular weight excluding hydrogens is 276 g/mol. The smallest absolute Gasteiger partial charge is 0.222 e. The first-order chi connectivity index (χ1) is 9.25. The Morgan fingerprint density at radius 2 is 2.15 bits per heavy atom. The molecule has 5 heteroatoms. The molecule has 0 spiro atoms. The molecule has 2 rings (SSSR count). The molecule has 1 aliphatic rings. The second-order valence-electron chi connectivity index (χ2n) is 5.04. The molecule has 1 N–H and O–H groups in total. The molecule has 1 atom stereocenters. The van der Waals surface area contributed by atoms with Crippen LogP contribution in [-0.4, -0.2) is 44.1 Å². The number of nitrogens with one attached hydrogen (secondary N) is 1. The van der Waals surface area contributed by atoms with Gasteiger partial charge in [0.05, 0.1) is 6.54 Å². The summed E-state index contributed by atoms with van der Waals surface area (Å²) in [5.74, 6) is 1.57. The molecule has 1 saturated heterocycles. The maximum Gasteiger partial charge on any atom is 0.222 e. The van der Waals surface area contributed by atoms with Gasteiger partial charge in [-0.15, -0.1) is 12.4 Å². The lowest BCUT2D eigenvalue weighted by atomic mass is 10.0. The highest BCUT2D eigenvalue weighted by molar-refractivity contribution is 5.85. The Labute approximate surface area is 126 Å². The van der Waals surface area contributed by atoms with Crippen molar-refractivity contribution in [2.24, 2.45) is 5.92 Å². The van der Waals surface area contributed by atoms with Crippen LogP contribution >= 0.6 is 12.4 Å². The van der Waals surface area contributed by atoms with Crippen molar-refractivity contribution in [3.8, 4) is 5.75 Å². The zero-order chi connectivity index (χ0) is 13.5. The summed E-state index contributed by atoms with van der Waals surface area (Å²) in [6.45, 7) is 3.18. The molecule has 0 aromatic heterocycles. The molecule has 0 aliphatic carbocycles. The summed E-state index contributed by atoms with van der Waals surface area (Å²) in [7, 11) is 1.85. The minimum atomic E-state index is 0. The lowest BCUT2D eigenvalue weighted by molar-refractivity contribution is -0.131. The molecule has 1 heterocycles. The summed E-state index contributed by atoms with van der Waals surface area (Å²) in [4.78, 5) is 13.7. The molecule has 1 amide bonds. The molecule has 1 aliphatic heterocycles. The Hall–Kier alpha value is -1.26. The Balaban J connectivity index is 0.00000200. The van der Waals surface area contributed by atoms with E-state index in [1.807, 2.05) is 37.4 Å². The van der Waals surface area contributed by atoms with Crippen LogP contribution in [0.25, 0.3) is 0 Å². The van der Waals surface area contributed by atoms with Gasteiger partial charge in [0.15, 0.2) is 0 Å². The van der Waals surface area contributed by atoms with Gasteiger partial charge in [0.25, 0.3) is 0 Å². The van der Waals surface area contributed by atoms with E-state index in [0.29, 0.717) is 25.5 Å². The van der Waals surface area contributed by atoms with Crippen molar-refractivity contribution in [3.05, 3.63) is 30.3 Å². The molecule has 112 valence electrons. The van der Waals surface area contributed by atoms with Gasteiger partial charge in [0.2, 0.25) is 5.91 Å². The van der Waals surface area contributed by atoms with Crippen LogP contribution in [0.1, 0.15) is 12.8 Å². The summed E-state index contributed by atoms with van der Waals surface area (Å²) in [5, 5.41) is 3.29.